The lowest BCUT2D eigenvalue weighted by Gasteiger charge is -2.44. The van der Waals surface area contributed by atoms with Gasteiger partial charge in [-0.15, -0.1) is 0 Å². The summed E-state index contributed by atoms with van der Waals surface area (Å²) in [5.74, 6) is -2.26. The molecule has 0 bridgehead atoms. The van der Waals surface area contributed by atoms with E-state index < -0.39 is 76.4 Å². The summed E-state index contributed by atoms with van der Waals surface area (Å²) in [7, 11) is -8.20. The van der Waals surface area contributed by atoms with Gasteiger partial charge in [-0.1, -0.05) is 31.5 Å². The molecule has 0 aromatic heterocycles. The van der Waals surface area contributed by atoms with Crippen LogP contribution in [0.15, 0.2) is 41.3 Å². The van der Waals surface area contributed by atoms with Gasteiger partial charge in [-0.25, -0.2) is 25.6 Å². The van der Waals surface area contributed by atoms with Crippen molar-refractivity contribution < 1.29 is 56.8 Å². The number of aryl methyl sites for hydroxylation is 2. The maximum absolute atomic E-state index is 15.1. The van der Waals surface area contributed by atoms with Crippen LogP contribution in [0.3, 0.4) is 0 Å². The first-order valence-electron chi connectivity index (χ1n) is 15.5. The topological polar surface area (TPSA) is 88.6 Å². The van der Waals surface area contributed by atoms with Gasteiger partial charge in [-0.05, 0) is 87.3 Å². The maximum Gasteiger partial charge on any atom is 0.435 e. The molecule has 2 saturated heterocycles. The first-order chi connectivity index (χ1) is 22.0. The molecule has 2 fully saturated rings. The molecule has 2 aromatic carbocycles. The zero-order valence-corrected chi connectivity index (χ0v) is 27.9. The van der Waals surface area contributed by atoms with Crippen molar-refractivity contribution in [3.05, 3.63) is 64.5 Å². The van der Waals surface area contributed by atoms with Crippen LogP contribution < -0.4 is 0 Å². The third-order valence-corrected chi connectivity index (χ3v) is 15.7. The number of nitrogens with zero attached hydrogens (tertiary/aromatic N) is 1. The number of hydrogen-bond donors (Lipinski definition) is 0. The zero-order chi connectivity index (χ0) is 35.9. The Hall–Kier alpha value is -2.75. The van der Waals surface area contributed by atoms with Crippen LogP contribution in [-0.4, -0.2) is 63.1 Å². The summed E-state index contributed by atoms with van der Waals surface area (Å²) in [5.41, 5.74) is -7.97. The van der Waals surface area contributed by atoms with Gasteiger partial charge in [0.25, 0.3) is 0 Å². The van der Waals surface area contributed by atoms with E-state index in [9.17, 15) is 52.4 Å². The second kappa shape index (κ2) is 11.7. The van der Waals surface area contributed by atoms with Crippen molar-refractivity contribution in [2.75, 3.05) is 12.3 Å². The second-order valence-corrected chi connectivity index (χ2v) is 18.2. The van der Waals surface area contributed by atoms with Gasteiger partial charge in [0.2, 0.25) is 5.91 Å². The van der Waals surface area contributed by atoms with E-state index in [0.717, 1.165) is 24.3 Å². The number of benzene rings is 2. The number of fused-ring (bicyclic) bond motifs is 3. The van der Waals surface area contributed by atoms with Gasteiger partial charge >= 0.3 is 18.0 Å². The van der Waals surface area contributed by atoms with Crippen molar-refractivity contribution in [1.29, 1.82) is 0 Å². The lowest BCUT2D eigenvalue weighted by molar-refractivity contribution is -0.348. The van der Waals surface area contributed by atoms with Gasteiger partial charge in [-0.2, -0.15) is 26.3 Å². The minimum Gasteiger partial charge on any atom is -0.337 e. The summed E-state index contributed by atoms with van der Waals surface area (Å²) in [6.07, 6.45) is -12.8. The Morgan fingerprint density at radius 3 is 2.23 bits per heavy atom. The SMILES string of the molecule is CCCC1(C)CC(C(=O)N2CCC3(S(=O)(=O)c4ccc(F)c(C)c4)c4ccc(C(F)(C(F)(F)F)C(F)(F)F)cc4CCC23)CCS1(=O)=O. The molecule has 4 atom stereocenters. The fourth-order valence-corrected chi connectivity index (χ4v) is 12.5. The smallest absolute Gasteiger partial charge is 0.337 e. The van der Waals surface area contributed by atoms with E-state index >= 15 is 4.39 Å². The number of amides is 1. The third kappa shape index (κ3) is 5.25. The molecule has 0 N–H and O–H groups in total. The normalized spacial score (nSPS) is 27.8. The van der Waals surface area contributed by atoms with Gasteiger partial charge in [0.15, 0.2) is 19.7 Å². The molecule has 1 aliphatic carbocycles. The molecule has 266 valence electrons. The van der Waals surface area contributed by atoms with Gasteiger partial charge in [0.1, 0.15) is 10.6 Å². The molecule has 2 aromatic rings. The second-order valence-electron chi connectivity index (χ2n) is 13.4. The van der Waals surface area contributed by atoms with E-state index in [1.165, 1.54) is 11.8 Å². The quantitative estimate of drug-likeness (QED) is 0.236. The molecule has 0 spiro atoms. The van der Waals surface area contributed by atoms with Crippen molar-refractivity contribution in [2.24, 2.45) is 5.92 Å². The third-order valence-electron chi connectivity index (χ3n) is 10.6. The Kier molecular flexibility index (Phi) is 8.87. The summed E-state index contributed by atoms with van der Waals surface area (Å²) in [6, 6.07) is 3.25. The summed E-state index contributed by atoms with van der Waals surface area (Å²) < 4.78 is 163. The van der Waals surface area contributed by atoms with Crippen LogP contribution in [-0.2, 0) is 41.3 Å². The van der Waals surface area contributed by atoms with Crippen LogP contribution in [0.5, 0.6) is 0 Å². The lowest BCUT2D eigenvalue weighted by Crippen LogP contribution is -2.55. The van der Waals surface area contributed by atoms with Gasteiger partial charge < -0.3 is 4.90 Å². The Morgan fingerprint density at radius 2 is 1.65 bits per heavy atom. The molecule has 0 radical (unpaired) electrons. The van der Waals surface area contributed by atoms with E-state index in [-0.39, 0.29) is 72.1 Å². The van der Waals surface area contributed by atoms with Crippen molar-refractivity contribution >= 4 is 25.6 Å². The summed E-state index contributed by atoms with van der Waals surface area (Å²) in [6.45, 7) is 4.52. The van der Waals surface area contributed by atoms with Crippen molar-refractivity contribution in [3.8, 4) is 0 Å². The highest BCUT2D eigenvalue weighted by Gasteiger charge is 2.74. The van der Waals surface area contributed by atoms with E-state index in [4.69, 9.17) is 0 Å². The molecular weight excluding hydrogens is 694 g/mol. The first kappa shape index (κ1) is 36.5. The molecule has 0 saturated carbocycles. The Labute approximate surface area is 273 Å². The molecule has 4 unspecified atom stereocenters. The highest BCUT2D eigenvalue weighted by atomic mass is 32.2. The largest absolute Gasteiger partial charge is 0.435 e. The number of sulfone groups is 2. The van der Waals surface area contributed by atoms with Crippen molar-refractivity contribution in [1.82, 2.24) is 4.90 Å². The highest BCUT2D eigenvalue weighted by molar-refractivity contribution is 7.93. The molecule has 16 heteroatoms. The lowest BCUT2D eigenvalue weighted by atomic mass is 9.76. The van der Waals surface area contributed by atoms with Gasteiger partial charge in [-0.3, -0.25) is 4.79 Å². The van der Waals surface area contributed by atoms with Crippen LogP contribution in [0.1, 0.15) is 74.6 Å². The molecule has 5 rings (SSSR count). The Bertz CT molecular complexity index is 1830. The molecule has 1 amide bonds. The van der Waals surface area contributed by atoms with E-state index in [1.54, 1.807) is 6.92 Å². The van der Waals surface area contributed by atoms with Crippen LogP contribution in [0.4, 0.5) is 35.1 Å². The van der Waals surface area contributed by atoms with Crippen molar-refractivity contribution in [3.63, 3.8) is 0 Å². The van der Waals surface area contributed by atoms with Gasteiger partial charge in [0, 0.05) is 18.0 Å². The average Bonchev–Trinajstić information content (AvgIpc) is 3.39. The van der Waals surface area contributed by atoms with Crippen LogP contribution in [0.2, 0.25) is 0 Å². The van der Waals surface area contributed by atoms with Crippen LogP contribution in [0.25, 0.3) is 0 Å². The van der Waals surface area contributed by atoms with Gasteiger partial charge in [0.05, 0.1) is 21.4 Å². The predicted molar refractivity (Wildman–Crippen MR) is 160 cm³/mol. The average molecular weight is 730 g/mol. The van der Waals surface area contributed by atoms with Crippen LogP contribution >= 0.6 is 0 Å². The number of carbonyl (C=O) groups excluding carboxylic acids is 1. The Morgan fingerprint density at radius 1 is 1.00 bits per heavy atom. The van der Waals surface area contributed by atoms with E-state index in [1.807, 2.05) is 6.92 Å². The molecule has 2 aliphatic heterocycles. The van der Waals surface area contributed by atoms with E-state index in [2.05, 4.69) is 0 Å². The van der Waals surface area contributed by atoms with E-state index in [0.29, 0.717) is 18.9 Å². The molecular formula is C32H35F8NO5S2. The monoisotopic (exact) mass is 729 g/mol. The number of hydrogen-bond acceptors (Lipinski definition) is 5. The van der Waals surface area contributed by atoms with Crippen LogP contribution in [0, 0.1) is 18.7 Å². The molecule has 48 heavy (non-hydrogen) atoms. The first-order valence-corrected chi connectivity index (χ1v) is 18.6. The summed E-state index contributed by atoms with van der Waals surface area (Å²) in [4.78, 5) is 15.1. The fraction of sp³-hybridized carbons (Fsp3) is 0.594. The molecule has 3 aliphatic rings. The minimum absolute atomic E-state index is 0.00442. The minimum atomic E-state index is -6.39. The highest BCUT2D eigenvalue weighted by Crippen LogP contribution is 2.57. The number of carbonyl (C=O) groups is 1. The standard InChI is InChI=1S/C32H35F8NO5S2/c1-4-12-28(3)18-21(11-15-47(28,43)44)27(42)41-14-13-29(48(45,46)23-7-9-25(33)19(2)16-23)24-8-6-22(17-20(24)5-10-26(29)41)30(34,31(35,36)37)32(38,39)40/h6-9,16-17,21,26H,4-5,10-15,18H2,1-3H3. The van der Waals surface area contributed by atoms with Crippen molar-refractivity contribution in [2.45, 2.75) is 104 Å². The fourth-order valence-electron chi connectivity index (χ4n) is 8.01. The number of likely N-dealkylation sites (tertiary alicyclic amines) is 1. The zero-order valence-electron chi connectivity index (χ0n) is 26.3. The predicted octanol–water partition coefficient (Wildman–Crippen LogP) is 7.02. The maximum atomic E-state index is 15.1. The summed E-state index contributed by atoms with van der Waals surface area (Å²) in [5, 5.41) is 0. The number of alkyl halides is 7. The molecule has 6 nitrogen and oxygen atoms in total. The summed E-state index contributed by atoms with van der Waals surface area (Å²) >= 11 is 0. The number of halogens is 8. The number of rotatable bonds is 6. The molecule has 2 heterocycles. The Balaban J connectivity index is 1.66.